The van der Waals surface area contributed by atoms with Crippen LogP contribution in [0.1, 0.15) is 24.0 Å². The summed E-state index contributed by atoms with van der Waals surface area (Å²) in [7, 11) is 2.19. The number of likely N-dealkylation sites (tertiary alicyclic amines) is 1. The summed E-state index contributed by atoms with van der Waals surface area (Å²) in [5, 5.41) is 0. The molecule has 0 aliphatic carbocycles. The van der Waals surface area contributed by atoms with Gasteiger partial charge in [-0.1, -0.05) is 54.6 Å². The van der Waals surface area contributed by atoms with Crippen molar-refractivity contribution in [3.8, 4) is 5.75 Å². The van der Waals surface area contributed by atoms with Gasteiger partial charge in [0.25, 0.3) is 0 Å². The predicted molar refractivity (Wildman–Crippen MR) is 97.5 cm³/mol. The van der Waals surface area contributed by atoms with E-state index in [1.165, 1.54) is 30.5 Å². The summed E-state index contributed by atoms with van der Waals surface area (Å²) in [6, 6.07) is 18.7. The van der Waals surface area contributed by atoms with E-state index in [-0.39, 0.29) is 0 Å². The van der Waals surface area contributed by atoms with Crippen LogP contribution in [0.15, 0.2) is 54.6 Å². The number of hydrogen-bond acceptors (Lipinski definition) is 2. The lowest BCUT2D eigenvalue weighted by Gasteiger charge is -2.29. The molecule has 1 aliphatic rings. The van der Waals surface area contributed by atoms with Crippen LogP contribution in [-0.4, -0.2) is 31.6 Å². The van der Waals surface area contributed by atoms with Crippen molar-refractivity contribution in [1.29, 1.82) is 0 Å². The fourth-order valence-electron chi connectivity index (χ4n) is 3.06. The van der Waals surface area contributed by atoms with Crippen molar-refractivity contribution in [2.75, 3.05) is 26.7 Å². The third-order valence-electron chi connectivity index (χ3n) is 4.36. The summed E-state index contributed by atoms with van der Waals surface area (Å²) in [5.74, 6) is 1.63. The zero-order valence-electron chi connectivity index (χ0n) is 13.8. The predicted octanol–water partition coefficient (Wildman–Crippen LogP) is 4.58. The van der Waals surface area contributed by atoms with E-state index in [9.17, 15) is 0 Å². The third kappa shape index (κ3) is 4.97. The molecule has 0 amide bonds. The molecule has 1 unspecified atom stereocenters. The van der Waals surface area contributed by atoms with Gasteiger partial charge in [0, 0.05) is 12.5 Å². The van der Waals surface area contributed by atoms with E-state index in [4.69, 9.17) is 4.74 Å². The molecule has 1 aliphatic heterocycles. The summed E-state index contributed by atoms with van der Waals surface area (Å²) in [6.45, 7) is 3.19. The maximum atomic E-state index is 5.96. The van der Waals surface area contributed by atoms with Crippen LogP contribution in [0.2, 0.25) is 0 Å². The molecule has 120 valence electrons. The number of nitrogens with zero attached hydrogens (tertiary/aromatic N) is 1. The molecule has 1 saturated heterocycles. The molecular weight excluding hydrogens is 282 g/mol. The lowest BCUT2D eigenvalue weighted by atomic mass is 10.00. The lowest BCUT2D eigenvalue weighted by Crippen LogP contribution is -2.34. The van der Waals surface area contributed by atoms with Gasteiger partial charge >= 0.3 is 0 Å². The van der Waals surface area contributed by atoms with Crippen molar-refractivity contribution in [3.63, 3.8) is 0 Å². The summed E-state index contributed by atoms with van der Waals surface area (Å²) < 4.78 is 5.96. The van der Waals surface area contributed by atoms with Crippen molar-refractivity contribution >= 4 is 12.2 Å². The Hall–Kier alpha value is -2.06. The second-order valence-corrected chi connectivity index (χ2v) is 6.39. The third-order valence-corrected chi connectivity index (χ3v) is 4.36. The van der Waals surface area contributed by atoms with E-state index >= 15 is 0 Å². The Kier molecular flexibility index (Phi) is 5.49. The Bertz CT molecular complexity index is 618. The van der Waals surface area contributed by atoms with Crippen LogP contribution < -0.4 is 4.74 Å². The molecule has 0 radical (unpaired) electrons. The van der Waals surface area contributed by atoms with Crippen molar-refractivity contribution in [2.45, 2.75) is 12.8 Å². The fraction of sp³-hybridized carbons (Fsp3) is 0.333. The first-order valence-electron chi connectivity index (χ1n) is 8.44. The number of piperidine rings is 1. The molecule has 2 aromatic rings. The Morgan fingerprint density at radius 3 is 2.39 bits per heavy atom. The van der Waals surface area contributed by atoms with Gasteiger partial charge in [-0.05, 0) is 49.7 Å². The molecule has 0 saturated carbocycles. The molecule has 2 aromatic carbocycles. The highest BCUT2D eigenvalue weighted by Gasteiger charge is 2.17. The highest BCUT2D eigenvalue weighted by atomic mass is 16.5. The van der Waals surface area contributed by atoms with Gasteiger partial charge in [-0.15, -0.1) is 0 Å². The molecule has 3 rings (SSSR count). The molecule has 1 atom stereocenters. The molecule has 1 heterocycles. The van der Waals surface area contributed by atoms with Gasteiger partial charge in [-0.3, -0.25) is 0 Å². The Balaban J connectivity index is 1.52. The monoisotopic (exact) mass is 307 g/mol. The average Bonchev–Trinajstić information content (AvgIpc) is 2.60. The van der Waals surface area contributed by atoms with E-state index in [0.29, 0.717) is 5.92 Å². The largest absolute Gasteiger partial charge is 0.493 e. The van der Waals surface area contributed by atoms with Gasteiger partial charge in [0.1, 0.15) is 5.75 Å². The summed E-state index contributed by atoms with van der Waals surface area (Å²) in [6.07, 6.45) is 6.83. The van der Waals surface area contributed by atoms with Gasteiger partial charge in [-0.25, -0.2) is 0 Å². The Labute approximate surface area is 139 Å². The van der Waals surface area contributed by atoms with E-state index < -0.39 is 0 Å². The van der Waals surface area contributed by atoms with Gasteiger partial charge < -0.3 is 9.64 Å². The van der Waals surface area contributed by atoms with E-state index in [1.54, 1.807) is 0 Å². The summed E-state index contributed by atoms with van der Waals surface area (Å²) in [5.41, 5.74) is 2.41. The average molecular weight is 307 g/mol. The van der Waals surface area contributed by atoms with Crippen molar-refractivity contribution in [1.82, 2.24) is 4.90 Å². The first kappa shape index (κ1) is 15.8. The fourth-order valence-corrected chi connectivity index (χ4v) is 3.06. The molecule has 0 bridgehead atoms. The van der Waals surface area contributed by atoms with Crippen molar-refractivity contribution in [2.24, 2.45) is 5.92 Å². The maximum absolute atomic E-state index is 5.96. The lowest BCUT2D eigenvalue weighted by molar-refractivity contribution is 0.150. The Morgan fingerprint density at radius 2 is 1.70 bits per heavy atom. The second-order valence-electron chi connectivity index (χ2n) is 6.39. The summed E-state index contributed by atoms with van der Waals surface area (Å²) >= 11 is 0. The highest BCUT2D eigenvalue weighted by Crippen LogP contribution is 2.19. The quantitative estimate of drug-likeness (QED) is 0.750. The van der Waals surface area contributed by atoms with Crippen LogP contribution >= 0.6 is 0 Å². The molecule has 2 nitrogen and oxygen atoms in total. The first-order valence-corrected chi connectivity index (χ1v) is 8.44. The summed E-state index contributed by atoms with van der Waals surface area (Å²) in [4.78, 5) is 2.40. The van der Waals surface area contributed by atoms with Crippen LogP contribution in [-0.2, 0) is 0 Å². The molecule has 0 aromatic heterocycles. The van der Waals surface area contributed by atoms with Gasteiger partial charge in [0.15, 0.2) is 0 Å². The zero-order chi connectivity index (χ0) is 15.9. The van der Waals surface area contributed by atoms with Crippen molar-refractivity contribution < 1.29 is 4.74 Å². The smallest absolute Gasteiger partial charge is 0.119 e. The number of benzene rings is 2. The molecule has 0 spiro atoms. The minimum Gasteiger partial charge on any atom is -0.493 e. The molecule has 23 heavy (non-hydrogen) atoms. The van der Waals surface area contributed by atoms with E-state index in [0.717, 1.165) is 18.9 Å². The topological polar surface area (TPSA) is 12.5 Å². The van der Waals surface area contributed by atoms with Gasteiger partial charge in [0.2, 0.25) is 0 Å². The minimum absolute atomic E-state index is 0.659. The number of hydrogen-bond donors (Lipinski definition) is 0. The molecule has 1 fully saturated rings. The standard InChI is InChI=1S/C21H25NO/c1-22-15-5-8-20(16-22)17-23-21-13-11-19(12-14-21)10-9-18-6-3-2-4-7-18/h2-4,6-7,9-14,20H,5,8,15-17H2,1H3/b10-9+. The van der Waals surface area contributed by atoms with E-state index in [2.05, 4.69) is 72.6 Å². The van der Waals surface area contributed by atoms with Crippen LogP contribution in [0.25, 0.3) is 12.2 Å². The zero-order valence-corrected chi connectivity index (χ0v) is 13.8. The molecule has 2 heteroatoms. The van der Waals surface area contributed by atoms with Crippen LogP contribution in [0.5, 0.6) is 5.75 Å². The number of rotatable bonds is 5. The SMILES string of the molecule is CN1CCCC(COc2ccc(/C=C/c3ccccc3)cc2)C1. The van der Waals surface area contributed by atoms with Gasteiger partial charge in [0.05, 0.1) is 6.61 Å². The molecule has 0 N–H and O–H groups in total. The van der Waals surface area contributed by atoms with E-state index in [1.807, 2.05) is 6.07 Å². The van der Waals surface area contributed by atoms with Crippen LogP contribution in [0, 0.1) is 5.92 Å². The maximum Gasteiger partial charge on any atom is 0.119 e. The highest BCUT2D eigenvalue weighted by molar-refractivity contribution is 5.69. The molecular formula is C21H25NO. The first-order chi connectivity index (χ1) is 11.3. The normalized spacial score (nSPS) is 19.1. The van der Waals surface area contributed by atoms with Gasteiger partial charge in [-0.2, -0.15) is 0 Å². The van der Waals surface area contributed by atoms with Crippen LogP contribution in [0.3, 0.4) is 0 Å². The van der Waals surface area contributed by atoms with Crippen molar-refractivity contribution in [3.05, 3.63) is 65.7 Å². The number of ether oxygens (including phenoxy) is 1. The Morgan fingerprint density at radius 1 is 1.00 bits per heavy atom. The van der Waals surface area contributed by atoms with Crippen LogP contribution in [0.4, 0.5) is 0 Å². The minimum atomic E-state index is 0.659. The second kappa shape index (κ2) is 7.98.